The molecule has 200 valence electrons. The molecule has 8 heteroatoms. The molecule has 2 aliphatic rings. The first-order valence-electron chi connectivity index (χ1n) is 13.6. The molecule has 0 amide bonds. The number of likely N-dealkylation sites (tertiary alicyclic amines) is 1. The normalized spacial score (nSPS) is 17.1. The van der Waals surface area contributed by atoms with Gasteiger partial charge in [0.05, 0.1) is 18.9 Å². The summed E-state index contributed by atoms with van der Waals surface area (Å²) in [5, 5.41) is 23.9. The van der Waals surface area contributed by atoms with Crippen molar-refractivity contribution in [3.8, 4) is 17.1 Å². The number of morpholine rings is 1. The van der Waals surface area contributed by atoms with E-state index in [4.69, 9.17) is 20.1 Å². The topological polar surface area (TPSA) is 97.6 Å². The second-order valence-corrected chi connectivity index (χ2v) is 10.5. The minimum absolute atomic E-state index is 0.00506. The number of hydrogen-bond acceptors (Lipinski definition) is 8. The van der Waals surface area contributed by atoms with Crippen LogP contribution in [0.25, 0.3) is 11.4 Å². The van der Waals surface area contributed by atoms with Crippen LogP contribution in [0.2, 0.25) is 0 Å². The fraction of sp³-hybridized carbons (Fsp3) is 0.433. The number of anilines is 2. The molecule has 0 saturated carbocycles. The number of nitrogens with zero attached hydrogens (tertiary/aromatic N) is 4. The molecule has 2 fully saturated rings. The first-order valence-corrected chi connectivity index (χ1v) is 13.6. The minimum atomic E-state index is 0.00506. The lowest BCUT2D eigenvalue weighted by molar-refractivity contribution is 0.122. The Bertz CT molecular complexity index is 1220. The number of hydrogen-bond donors (Lipinski definition) is 3. The molecule has 38 heavy (non-hydrogen) atoms. The van der Waals surface area contributed by atoms with Gasteiger partial charge in [0.1, 0.15) is 5.69 Å². The average Bonchev–Trinajstić information content (AvgIpc) is 2.94. The standard InChI is InChI=1S/C30H38N6O2/c1-21(2)32-25-10-8-24(9-11-25)29-33-27(28(37)30(34-29)36-16-18-38-19-17-36)26(31)23-12-14-35(15-13-23)20-22-6-4-3-5-7-22/h3-11,21,23,31-32,37H,12-20H2,1-2H3. The first-order chi connectivity index (χ1) is 18.5. The van der Waals surface area contributed by atoms with Gasteiger partial charge in [0.2, 0.25) is 0 Å². The van der Waals surface area contributed by atoms with Gasteiger partial charge in [0.25, 0.3) is 0 Å². The molecule has 0 atom stereocenters. The van der Waals surface area contributed by atoms with Crippen molar-refractivity contribution in [2.45, 2.75) is 39.3 Å². The van der Waals surface area contributed by atoms with Gasteiger partial charge in [0.15, 0.2) is 17.4 Å². The number of nitrogens with one attached hydrogen (secondary N) is 2. The van der Waals surface area contributed by atoms with E-state index in [0.29, 0.717) is 55.4 Å². The number of benzene rings is 2. The van der Waals surface area contributed by atoms with Crippen LogP contribution in [0.1, 0.15) is 37.9 Å². The average molecular weight is 515 g/mol. The predicted molar refractivity (Wildman–Crippen MR) is 152 cm³/mol. The molecule has 2 saturated heterocycles. The lowest BCUT2D eigenvalue weighted by Crippen LogP contribution is -2.38. The van der Waals surface area contributed by atoms with Crippen molar-refractivity contribution in [3.63, 3.8) is 0 Å². The second kappa shape index (κ2) is 11.9. The van der Waals surface area contributed by atoms with Crippen LogP contribution in [0.5, 0.6) is 5.75 Å². The zero-order chi connectivity index (χ0) is 26.5. The van der Waals surface area contributed by atoms with Crippen LogP contribution in [0.4, 0.5) is 11.5 Å². The Labute approximate surface area is 225 Å². The number of aromatic nitrogens is 2. The quantitative estimate of drug-likeness (QED) is 0.372. The van der Waals surface area contributed by atoms with Crippen LogP contribution in [-0.2, 0) is 11.3 Å². The molecule has 3 heterocycles. The zero-order valence-electron chi connectivity index (χ0n) is 22.4. The molecule has 2 aliphatic heterocycles. The maximum atomic E-state index is 11.3. The van der Waals surface area contributed by atoms with E-state index in [1.54, 1.807) is 0 Å². The SMILES string of the molecule is CC(C)Nc1ccc(-c2nc(C(=N)C3CCN(Cc4ccccc4)CC3)c(O)c(N3CCOCC3)n2)cc1. The van der Waals surface area contributed by atoms with E-state index in [0.717, 1.165) is 43.7 Å². The molecule has 0 radical (unpaired) electrons. The molecule has 0 unspecified atom stereocenters. The van der Waals surface area contributed by atoms with E-state index in [1.165, 1.54) is 5.56 Å². The second-order valence-electron chi connectivity index (χ2n) is 10.5. The van der Waals surface area contributed by atoms with Crippen molar-refractivity contribution in [2.75, 3.05) is 49.6 Å². The van der Waals surface area contributed by atoms with Gasteiger partial charge in [-0.1, -0.05) is 30.3 Å². The van der Waals surface area contributed by atoms with Crippen molar-refractivity contribution in [1.29, 1.82) is 5.41 Å². The van der Waals surface area contributed by atoms with Crippen molar-refractivity contribution in [1.82, 2.24) is 14.9 Å². The smallest absolute Gasteiger partial charge is 0.186 e. The van der Waals surface area contributed by atoms with Crippen LogP contribution in [-0.4, -0.2) is 71.1 Å². The van der Waals surface area contributed by atoms with Crippen LogP contribution < -0.4 is 10.2 Å². The van der Waals surface area contributed by atoms with Gasteiger partial charge in [-0.2, -0.15) is 0 Å². The van der Waals surface area contributed by atoms with Crippen LogP contribution in [0, 0.1) is 11.3 Å². The molecule has 0 spiro atoms. The van der Waals surface area contributed by atoms with Crippen molar-refractivity contribution in [2.24, 2.45) is 5.92 Å². The zero-order valence-corrected chi connectivity index (χ0v) is 22.4. The maximum Gasteiger partial charge on any atom is 0.186 e. The molecule has 2 aromatic carbocycles. The third-order valence-corrected chi connectivity index (χ3v) is 7.27. The highest BCUT2D eigenvalue weighted by molar-refractivity contribution is 6.02. The third-order valence-electron chi connectivity index (χ3n) is 7.27. The molecule has 3 aromatic rings. The lowest BCUT2D eigenvalue weighted by Gasteiger charge is -2.33. The van der Waals surface area contributed by atoms with E-state index in [-0.39, 0.29) is 11.7 Å². The third kappa shape index (κ3) is 6.14. The molecular formula is C30H38N6O2. The summed E-state index contributed by atoms with van der Waals surface area (Å²) in [6.45, 7) is 9.43. The number of ether oxygens (including phenoxy) is 1. The summed E-state index contributed by atoms with van der Waals surface area (Å²) in [4.78, 5) is 14.0. The van der Waals surface area contributed by atoms with Crippen molar-refractivity contribution >= 4 is 17.2 Å². The Balaban J connectivity index is 1.38. The van der Waals surface area contributed by atoms with E-state index in [1.807, 2.05) is 35.2 Å². The number of rotatable bonds is 8. The van der Waals surface area contributed by atoms with Crippen LogP contribution in [0.3, 0.4) is 0 Å². The molecule has 5 rings (SSSR count). The molecule has 8 nitrogen and oxygen atoms in total. The number of aromatic hydroxyl groups is 1. The Morgan fingerprint density at radius 1 is 1.00 bits per heavy atom. The summed E-state index contributed by atoms with van der Waals surface area (Å²) in [5.41, 5.74) is 3.95. The summed E-state index contributed by atoms with van der Waals surface area (Å²) in [6, 6.07) is 18.9. The van der Waals surface area contributed by atoms with Gasteiger partial charge < -0.3 is 25.5 Å². The van der Waals surface area contributed by atoms with Crippen LogP contribution in [0.15, 0.2) is 54.6 Å². The van der Waals surface area contributed by atoms with E-state index >= 15 is 0 Å². The maximum absolute atomic E-state index is 11.3. The van der Waals surface area contributed by atoms with Gasteiger partial charge in [-0.15, -0.1) is 0 Å². The van der Waals surface area contributed by atoms with Gasteiger partial charge in [-0.25, -0.2) is 9.97 Å². The van der Waals surface area contributed by atoms with Crippen molar-refractivity contribution in [3.05, 3.63) is 65.9 Å². The fourth-order valence-corrected chi connectivity index (χ4v) is 5.22. The Kier molecular flexibility index (Phi) is 8.20. The molecular weight excluding hydrogens is 476 g/mol. The highest BCUT2D eigenvalue weighted by atomic mass is 16.5. The lowest BCUT2D eigenvalue weighted by atomic mass is 9.89. The van der Waals surface area contributed by atoms with Gasteiger partial charge in [-0.3, -0.25) is 4.90 Å². The largest absolute Gasteiger partial charge is 0.503 e. The van der Waals surface area contributed by atoms with Gasteiger partial charge in [0, 0.05) is 42.8 Å². The Morgan fingerprint density at radius 2 is 1.68 bits per heavy atom. The van der Waals surface area contributed by atoms with Crippen molar-refractivity contribution < 1.29 is 9.84 Å². The summed E-state index contributed by atoms with van der Waals surface area (Å²) in [6.07, 6.45) is 1.74. The Morgan fingerprint density at radius 3 is 2.34 bits per heavy atom. The Hall–Kier alpha value is -3.49. The summed E-state index contributed by atoms with van der Waals surface area (Å²) in [5.74, 6) is 1.07. The number of piperidine rings is 1. The molecule has 3 N–H and O–H groups in total. The molecule has 0 bridgehead atoms. The summed E-state index contributed by atoms with van der Waals surface area (Å²) < 4.78 is 5.53. The van der Waals surface area contributed by atoms with Gasteiger partial charge in [-0.05, 0) is 69.6 Å². The predicted octanol–water partition coefficient (Wildman–Crippen LogP) is 4.79. The van der Waals surface area contributed by atoms with Gasteiger partial charge >= 0.3 is 0 Å². The molecule has 1 aromatic heterocycles. The minimum Gasteiger partial charge on any atom is -0.503 e. The fourth-order valence-electron chi connectivity index (χ4n) is 5.22. The first kappa shape index (κ1) is 26.1. The molecule has 0 aliphatic carbocycles. The van der Waals surface area contributed by atoms with E-state index < -0.39 is 0 Å². The van der Waals surface area contributed by atoms with E-state index in [2.05, 4.69) is 48.3 Å². The highest BCUT2D eigenvalue weighted by Gasteiger charge is 2.29. The monoisotopic (exact) mass is 514 g/mol. The summed E-state index contributed by atoms with van der Waals surface area (Å²) >= 11 is 0. The van der Waals surface area contributed by atoms with E-state index in [9.17, 15) is 5.11 Å². The highest BCUT2D eigenvalue weighted by Crippen LogP contribution is 2.34. The summed E-state index contributed by atoms with van der Waals surface area (Å²) in [7, 11) is 0. The van der Waals surface area contributed by atoms with Crippen LogP contribution >= 0.6 is 0 Å².